The fraction of sp³-hybridized carbons (Fsp3) is 0.929. The third kappa shape index (κ3) is 2.82. The topological polar surface area (TPSA) is 32.3 Å². The molecule has 2 rings (SSSR count). The molecule has 1 saturated carbocycles. The highest BCUT2D eigenvalue weighted by Crippen LogP contribution is 2.29. The smallest absolute Gasteiger partial charge is 0.241 e. The highest BCUT2D eigenvalue weighted by atomic mass is 16.2. The molecule has 0 aromatic rings. The van der Waals surface area contributed by atoms with Crippen LogP contribution in [0.2, 0.25) is 0 Å². The van der Waals surface area contributed by atoms with E-state index in [9.17, 15) is 4.79 Å². The molecular weight excluding hydrogens is 212 g/mol. The molecule has 2 unspecified atom stereocenters. The minimum absolute atomic E-state index is 0.0972. The molecule has 0 aromatic heterocycles. The van der Waals surface area contributed by atoms with Crippen molar-refractivity contribution in [2.75, 3.05) is 6.54 Å². The molecule has 2 fully saturated rings. The van der Waals surface area contributed by atoms with Crippen LogP contribution >= 0.6 is 0 Å². The molecule has 1 saturated heterocycles. The molecule has 98 valence electrons. The van der Waals surface area contributed by atoms with Gasteiger partial charge in [0.2, 0.25) is 5.91 Å². The fourth-order valence-electron chi connectivity index (χ4n) is 2.87. The van der Waals surface area contributed by atoms with Crippen LogP contribution < -0.4 is 5.32 Å². The number of rotatable bonds is 6. The zero-order valence-corrected chi connectivity index (χ0v) is 11.2. The van der Waals surface area contributed by atoms with Gasteiger partial charge in [-0.15, -0.1) is 0 Å². The predicted molar refractivity (Wildman–Crippen MR) is 69.6 cm³/mol. The Balaban J connectivity index is 1.90. The number of unbranched alkanes of at least 4 members (excludes halogenated alkanes) is 1. The number of nitrogens with one attached hydrogen (secondary N) is 1. The normalized spacial score (nSPS) is 29.8. The van der Waals surface area contributed by atoms with Crippen molar-refractivity contribution in [3.8, 4) is 0 Å². The van der Waals surface area contributed by atoms with Crippen LogP contribution in [0.4, 0.5) is 0 Å². The van der Waals surface area contributed by atoms with Crippen molar-refractivity contribution in [3.05, 3.63) is 0 Å². The molecule has 1 amide bonds. The lowest BCUT2D eigenvalue weighted by molar-refractivity contribution is -0.131. The van der Waals surface area contributed by atoms with E-state index in [-0.39, 0.29) is 6.04 Å². The Kier molecular flexibility index (Phi) is 4.43. The van der Waals surface area contributed by atoms with E-state index in [0.29, 0.717) is 12.1 Å². The van der Waals surface area contributed by atoms with E-state index in [1.807, 2.05) is 0 Å². The van der Waals surface area contributed by atoms with Gasteiger partial charge >= 0.3 is 0 Å². The molecule has 0 radical (unpaired) electrons. The number of carbonyl (C=O) groups is 1. The number of hydrogen-bond acceptors (Lipinski definition) is 2. The van der Waals surface area contributed by atoms with E-state index >= 15 is 0 Å². The zero-order chi connectivity index (χ0) is 12.3. The van der Waals surface area contributed by atoms with Crippen molar-refractivity contribution in [3.63, 3.8) is 0 Å². The SMILES string of the molecule is CCCCC1NC(CC)N(CC2CCC2)C1=O. The van der Waals surface area contributed by atoms with Gasteiger partial charge in [-0.05, 0) is 31.6 Å². The summed E-state index contributed by atoms with van der Waals surface area (Å²) in [7, 11) is 0. The molecule has 0 spiro atoms. The van der Waals surface area contributed by atoms with Gasteiger partial charge in [0.25, 0.3) is 0 Å². The molecule has 1 heterocycles. The van der Waals surface area contributed by atoms with E-state index in [2.05, 4.69) is 24.1 Å². The van der Waals surface area contributed by atoms with Gasteiger partial charge in [-0.3, -0.25) is 10.1 Å². The Hall–Kier alpha value is -0.570. The second-order valence-corrected chi connectivity index (χ2v) is 5.57. The average Bonchev–Trinajstić information content (AvgIpc) is 2.58. The second kappa shape index (κ2) is 5.85. The van der Waals surface area contributed by atoms with Gasteiger partial charge in [0, 0.05) is 6.54 Å². The van der Waals surface area contributed by atoms with Gasteiger partial charge in [-0.2, -0.15) is 0 Å². The quantitative estimate of drug-likeness (QED) is 0.771. The summed E-state index contributed by atoms with van der Waals surface area (Å²) in [5, 5.41) is 3.51. The lowest BCUT2D eigenvalue weighted by atomic mass is 9.85. The van der Waals surface area contributed by atoms with Crippen molar-refractivity contribution in [2.24, 2.45) is 5.92 Å². The standard InChI is InChI=1S/C14H26N2O/c1-3-5-9-12-14(17)16(13(4-2)15-12)10-11-7-6-8-11/h11-13,15H,3-10H2,1-2H3. The maximum atomic E-state index is 12.3. The Bertz CT molecular complexity index is 263. The highest BCUT2D eigenvalue weighted by molar-refractivity contribution is 5.84. The maximum Gasteiger partial charge on any atom is 0.241 e. The monoisotopic (exact) mass is 238 g/mol. The highest BCUT2D eigenvalue weighted by Gasteiger charge is 2.38. The molecule has 0 aromatic carbocycles. The van der Waals surface area contributed by atoms with E-state index in [4.69, 9.17) is 0 Å². The molecule has 1 aliphatic heterocycles. The van der Waals surface area contributed by atoms with Crippen LogP contribution in [0.15, 0.2) is 0 Å². The first-order valence-electron chi connectivity index (χ1n) is 7.32. The Morgan fingerprint density at radius 3 is 2.65 bits per heavy atom. The van der Waals surface area contributed by atoms with Crippen LogP contribution in [0.5, 0.6) is 0 Å². The first kappa shape index (κ1) is 12.9. The first-order chi connectivity index (χ1) is 8.26. The zero-order valence-electron chi connectivity index (χ0n) is 11.2. The molecule has 1 N–H and O–H groups in total. The Morgan fingerprint density at radius 2 is 2.12 bits per heavy atom. The van der Waals surface area contributed by atoms with E-state index in [0.717, 1.165) is 31.7 Å². The summed E-state index contributed by atoms with van der Waals surface area (Å²) in [6.07, 6.45) is 8.65. The Morgan fingerprint density at radius 1 is 1.35 bits per heavy atom. The van der Waals surface area contributed by atoms with Gasteiger partial charge in [-0.1, -0.05) is 33.1 Å². The number of carbonyl (C=O) groups excluding carboxylic acids is 1. The van der Waals surface area contributed by atoms with Gasteiger partial charge in [0.1, 0.15) is 0 Å². The van der Waals surface area contributed by atoms with Crippen LogP contribution in [-0.2, 0) is 4.79 Å². The van der Waals surface area contributed by atoms with Crippen molar-refractivity contribution < 1.29 is 4.79 Å². The van der Waals surface area contributed by atoms with E-state index in [1.54, 1.807) is 0 Å². The van der Waals surface area contributed by atoms with Gasteiger partial charge < -0.3 is 4.90 Å². The Labute approximate surface area is 105 Å². The summed E-state index contributed by atoms with van der Waals surface area (Å²) >= 11 is 0. The third-order valence-corrected chi connectivity index (χ3v) is 4.26. The maximum absolute atomic E-state index is 12.3. The van der Waals surface area contributed by atoms with Gasteiger partial charge in [0.15, 0.2) is 0 Å². The third-order valence-electron chi connectivity index (χ3n) is 4.26. The summed E-state index contributed by atoms with van der Waals surface area (Å²) in [6.45, 7) is 5.34. The van der Waals surface area contributed by atoms with Crippen LogP contribution in [0, 0.1) is 5.92 Å². The van der Waals surface area contributed by atoms with E-state index < -0.39 is 0 Å². The van der Waals surface area contributed by atoms with Crippen molar-refractivity contribution in [2.45, 2.75) is 71.0 Å². The van der Waals surface area contributed by atoms with Crippen LogP contribution in [-0.4, -0.2) is 29.6 Å². The molecule has 2 aliphatic rings. The van der Waals surface area contributed by atoms with Crippen LogP contribution in [0.1, 0.15) is 58.8 Å². The van der Waals surface area contributed by atoms with Crippen LogP contribution in [0.3, 0.4) is 0 Å². The van der Waals surface area contributed by atoms with Crippen LogP contribution in [0.25, 0.3) is 0 Å². The number of hydrogen-bond donors (Lipinski definition) is 1. The molecule has 1 aliphatic carbocycles. The molecule has 17 heavy (non-hydrogen) atoms. The average molecular weight is 238 g/mol. The fourth-order valence-corrected chi connectivity index (χ4v) is 2.87. The molecule has 3 nitrogen and oxygen atoms in total. The lowest BCUT2D eigenvalue weighted by Crippen LogP contribution is -2.41. The van der Waals surface area contributed by atoms with Crippen molar-refractivity contribution >= 4 is 5.91 Å². The van der Waals surface area contributed by atoms with Gasteiger partial charge in [-0.25, -0.2) is 0 Å². The number of nitrogens with zero attached hydrogens (tertiary/aromatic N) is 1. The van der Waals surface area contributed by atoms with Gasteiger partial charge in [0.05, 0.1) is 12.2 Å². The summed E-state index contributed by atoms with van der Waals surface area (Å²) in [5.41, 5.74) is 0. The molecular formula is C14H26N2O. The summed E-state index contributed by atoms with van der Waals surface area (Å²) in [6, 6.07) is 0.0972. The van der Waals surface area contributed by atoms with Crippen molar-refractivity contribution in [1.82, 2.24) is 10.2 Å². The molecule has 0 bridgehead atoms. The van der Waals surface area contributed by atoms with E-state index in [1.165, 1.54) is 25.7 Å². The largest absolute Gasteiger partial charge is 0.326 e. The summed E-state index contributed by atoms with van der Waals surface area (Å²) in [5.74, 6) is 1.14. The first-order valence-corrected chi connectivity index (χ1v) is 7.32. The molecule has 3 heteroatoms. The second-order valence-electron chi connectivity index (χ2n) is 5.57. The lowest BCUT2D eigenvalue weighted by Gasteiger charge is -2.32. The summed E-state index contributed by atoms with van der Waals surface area (Å²) in [4.78, 5) is 14.4. The number of amides is 1. The minimum atomic E-state index is 0.0972. The predicted octanol–water partition coefficient (Wildman–Crippen LogP) is 2.51. The minimum Gasteiger partial charge on any atom is -0.326 e. The van der Waals surface area contributed by atoms with Crippen molar-refractivity contribution in [1.29, 1.82) is 0 Å². The summed E-state index contributed by atoms with van der Waals surface area (Å²) < 4.78 is 0. The molecule has 2 atom stereocenters.